The van der Waals surface area contributed by atoms with Gasteiger partial charge in [-0.3, -0.25) is 5.32 Å². The highest BCUT2D eigenvalue weighted by Gasteiger charge is 2.03. The number of pyridine rings is 1. The van der Waals surface area contributed by atoms with Gasteiger partial charge in [-0.2, -0.15) is 0 Å². The molecule has 1 heterocycles. The fourth-order valence-electron chi connectivity index (χ4n) is 1.54. The third kappa shape index (κ3) is 1.35. The molecule has 0 atom stereocenters. The van der Waals surface area contributed by atoms with Gasteiger partial charge in [0.25, 0.3) is 5.82 Å². The predicted molar refractivity (Wildman–Crippen MR) is 54.7 cm³/mol. The van der Waals surface area contributed by atoms with Crippen molar-refractivity contribution in [2.75, 3.05) is 12.4 Å². The molecule has 66 valence electrons. The summed E-state index contributed by atoms with van der Waals surface area (Å²) in [7, 11) is 3.97. The third-order valence-electron chi connectivity index (χ3n) is 2.26. The van der Waals surface area contributed by atoms with E-state index in [2.05, 4.69) is 46.4 Å². The number of aryl methyl sites for hydroxylation is 1. The molecular weight excluding hydrogens is 160 g/mol. The fourth-order valence-corrected chi connectivity index (χ4v) is 1.54. The van der Waals surface area contributed by atoms with E-state index in [1.165, 1.54) is 10.8 Å². The number of nitrogens with zero attached hydrogens (tertiary/aromatic N) is 1. The van der Waals surface area contributed by atoms with Gasteiger partial charge in [0.2, 0.25) is 0 Å². The van der Waals surface area contributed by atoms with Crippen molar-refractivity contribution >= 4 is 16.6 Å². The van der Waals surface area contributed by atoms with Crippen LogP contribution < -0.4 is 9.88 Å². The fraction of sp³-hybridized carbons (Fsp3) is 0.182. The monoisotopic (exact) mass is 173 g/mol. The number of anilines is 1. The van der Waals surface area contributed by atoms with Gasteiger partial charge < -0.3 is 0 Å². The summed E-state index contributed by atoms with van der Waals surface area (Å²) in [6, 6.07) is 10.5. The number of aromatic nitrogens is 1. The van der Waals surface area contributed by atoms with E-state index in [4.69, 9.17) is 0 Å². The van der Waals surface area contributed by atoms with Gasteiger partial charge in [-0.25, -0.2) is 4.57 Å². The zero-order chi connectivity index (χ0) is 9.26. The smallest absolute Gasteiger partial charge is 0.274 e. The second-order valence-corrected chi connectivity index (χ2v) is 3.15. The summed E-state index contributed by atoms with van der Waals surface area (Å²) in [4.78, 5) is 0. The normalized spacial score (nSPS) is 10.3. The summed E-state index contributed by atoms with van der Waals surface area (Å²) in [5.74, 6) is 1.12. The molecule has 1 N–H and O–H groups in total. The van der Waals surface area contributed by atoms with Crippen LogP contribution in [0.4, 0.5) is 5.82 Å². The molecule has 2 aromatic rings. The molecule has 2 heteroatoms. The summed E-state index contributed by atoms with van der Waals surface area (Å²) < 4.78 is 2.09. The summed E-state index contributed by atoms with van der Waals surface area (Å²) in [5.41, 5.74) is 0. The van der Waals surface area contributed by atoms with Crippen LogP contribution in [0.5, 0.6) is 0 Å². The minimum absolute atomic E-state index is 1.12. The van der Waals surface area contributed by atoms with Gasteiger partial charge in [-0.1, -0.05) is 24.3 Å². The predicted octanol–water partition coefficient (Wildman–Crippen LogP) is 1.71. The number of hydrogen-bond acceptors (Lipinski definition) is 1. The number of nitrogens with one attached hydrogen (secondary N) is 1. The molecule has 0 radical (unpaired) electrons. The first-order valence-electron chi connectivity index (χ1n) is 4.37. The molecule has 0 unspecified atom stereocenters. The minimum Gasteiger partial charge on any atom is -0.277 e. The summed E-state index contributed by atoms with van der Waals surface area (Å²) >= 11 is 0. The highest BCUT2D eigenvalue weighted by atomic mass is 15.1. The van der Waals surface area contributed by atoms with Crippen LogP contribution in [0.3, 0.4) is 0 Å². The Morgan fingerprint density at radius 1 is 1.15 bits per heavy atom. The number of fused-ring (bicyclic) bond motifs is 1. The number of rotatable bonds is 1. The lowest BCUT2D eigenvalue weighted by Crippen LogP contribution is -2.31. The Balaban J connectivity index is 2.74. The van der Waals surface area contributed by atoms with Crippen molar-refractivity contribution in [2.45, 2.75) is 0 Å². The molecule has 2 rings (SSSR count). The molecule has 0 saturated heterocycles. The lowest BCUT2D eigenvalue weighted by molar-refractivity contribution is -0.655. The van der Waals surface area contributed by atoms with E-state index in [0.717, 1.165) is 5.82 Å². The van der Waals surface area contributed by atoms with Crippen LogP contribution in [0.15, 0.2) is 36.5 Å². The van der Waals surface area contributed by atoms with Crippen LogP contribution >= 0.6 is 0 Å². The quantitative estimate of drug-likeness (QED) is 0.649. The molecule has 13 heavy (non-hydrogen) atoms. The molecule has 0 bridgehead atoms. The Morgan fingerprint density at radius 2 is 1.85 bits per heavy atom. The molecule has 0 saturated carbocycles. The summed E-state index contributed by atoms with van der Waals surface area (Å²) in [6.45, 7) is 0. The van der Waals surface area contributed by atoms with E-state index < -0.39 is 0 Å². The van der Waals surface area contributed by atoms with Crippen LogP contribution in [0.25, 0.3) is 10.8 Å². The number of benzene rings is 1. The van der Waals surface area contributed by atoms with Crippen molar-refractivity contribution in [3.8, 4) is 0 Å². The van der Waals surface area contributed by atoms with Gasteiger partial charge in [-0.05, 0) is 5.39 Å². The van der Waals surface area contributed by atoms with Gasteiger partial charge in [0, 0.05) is 11.5 Å². The van der Waals surface area contributed by atoms with Gasteiger partial charge in [-0.15, -0.1) is 0 Å². The van der Waals surface area contributed by atoms with Crippen molar-refractivity contribution in [3.05, 3.63) is 36.5 Å². The molecule has 1 aromatic carbocycles. The standard InChI is InChI=1S/C11H12N2/c1-12-11-7-9-5-3-4-6-10(9)8-13(11)2/h3-8H,1-2H3/p+1. The molecule has 0 spiro atoms. The molecule has 1 aromatic heterocycles. The molecular formula is C11H13N2+. The molecule has 0 aliphatic carbocycles. The Labute approximate surface area is 77.8 Å². The van der Waals surface area contributed by atoms with E-state index in [1.807, 2.05) is 14.1 Å². The average Bonchev–Trinajstić information content (AvgIpc) is 2.17. The zero-order valence-corrected chi connectivity index (χ0v) is 7.91. The van der Waals surface area contributed by atoms with Gasteiger partial charge in [0.15, 0.2) is 0 Å². The first-order chi connectivity index (χ1) is 6.31. The third-order valence-corrected chi connectivity index (χ3v) is 2.26. The SMILES string of the molecule is CNc1cc2ccccc2c[n+]1C. The molecule has 0 fully saturated rings. The van der Waals surface area contributed by atoms with Crippen LogP contribution in [0.2, 0.25) is 0 Å². The Bertz CT molecular complexity index is 435. The number of hydrogen-bond donors (Lipinski definition) is 1. The highest BCUT2D eigenvalue weighted by molar-refractivity contribution is 5.82. The van der Waals surface area contributed by atoms with Crippen molar-refractivity contribution in [2.24, 2.45) is 7.05 Å². The van der Waals surface area contributed by atoms with E-state index in [9.17, 15) is 0 Å². The van der Waals surface area contributed by atoms with Crippen molar-refractivity contribution in [3.63, 3.8) is 0 Å². The minimum atomic E-state index is 1.12. The van der Waals surface area contributed by atoms with E-state index in [0.29, 0.717) is 0 Å². The van der Waals surface area contributed by atoms with Crippen molar-refractivity contribution in [1.82, 2.24) is 0 Å². The summed E-state index contributed by atoms with van der Waals surface area (Å²) in [5, 5.41) is 5.69. The Morgan fingerprint density at radius 3 is 2.54 bits per heavy atom. The summed E-state index contributed by atoms with van der Waals surface area (Å²) in [6.07, 6.45) is 2.13. The van der Waals surface area contributed by atoms with Crippen molar-refractivity contribution in [1.29, 1.82) is 0 Å². The first kappa shape index (κ1) is 8.05. The first-order valence-corrected chi connectivity index (χ1v) is 4.37. The Hall–Kier alpha value is -1.57. The van der Waals surface area contributed by atoms with Crippen LogP contribution in [0.1, 0.15) is 0 Å². The molecule has 0 amide bonds. The largest absolute Gasteiger partial charge is 0.277 e. The van der Waals surface area contributed by atoms with Crippen molar-refractivity contribution < 1.29 is 4.57 Å². The van der Waals surface area contributed by atoms with Gasteiger partial charge in [0.05, 0.1) is 20.3 Å². The van der Waals surface area contributed by atoms with E-state index in [1.54, 1.807) is 0 Å². The second-order valence-electron chi connectivity index (χ2n) is 3.15. The van der Waals surface area contributed by atoms with E-state index in [-0.39, 0.29) is 0 Å². The zero-order valence-electron chi connectivity index (χ0n) is 7.91. The van der Waals surface area contributed by atoms with Crippen LogP contribution in [-0.4, -0.2) is 7.05 Å². The highest BCUT2D eigenvalue weighted by Crippen LogP contribution is 2.13. The molecule has 0 aliphatic heterocycles. The molecule has 0 aliphatic rings. The second kappa shape index (κ2) is 3.05. The Kier molecular flexibility index (Phi) is 1.89. The average molecular weight is 173 g/mol. The van der Waals surface area contributed by atoms with Crippen LogP contribution in [-0.2, 0) is 7.05 Å². The maximum Gasteiger partial charge on any atom is 0.274 e. The van der Waals surface area contributed by atoms with Crippen LogP contribution in [0, 0.1) is 0 Å². The maximum absolute atomic E-state index is 3.15. The molecule has 2 nitrogen and oxygen atoms in total. The van der Waals surface area contributed by atoms with Gasteiger partial charge in [0.1, 0.15) is 0 Å². The lowest BCUT2D eigenvalue weighted by atomic mass is 10.2. The topological polar surface area (TPSA) is 15.9 Å². The van der Waals surface area contributed by atoms with Gasteiger partial charge >= 0.3 is 0 Å². The maximum atomic E-state index is 3.15. The lowest BCUT2D eigenvalue weighted by Gasteiger charge is -2.01. The van der Waals surface area contributed by atoms with E-state index >= 15 is 0 Å².